The zero-order valence-electron chi connectivity index (χ0n) is 16.5. The van der Waals surface area contributed by atoms with E-state index in [4.69, 9.17) is 4.74 Å². The van der Waals surface area contributed by atoms with Crippen LogP contribution in [0.2, 0.25) is 0 Å². The van der Waals surface area contributed by atoms with Gasteiger partial charge in [-0.3, -0.25) is 4.79 Å². The molecule has 5 nitrogen and oxygen atoms in total. The molecule has 1 aliphatic rings. The summed E-state index contributed by atoms with van der Waals surface area (Å²) in [6.45, 7) is 8.14. The minimum atomic E-state index is -0.0636. The smallest absolute Gasteiger partial charge is 0.267 e. The van der Waals surface area contributed by atoms with Gasteiger partial charge < -0.3 is 19.9 Å². The molecule has 5 heteroatoms. The lowest BCUT2D eigenvalue weighted by Gasteiger charge is -2.32. The SMILES string of the molecule is Cc1cccc2cc(C(=O)NCC(C)c3ccccc3N3CCOCC3)[nH]c12. The third kappa shape index (κ3) is 3.76. The number of morpholine rings is 1. The van der Waals surface area contributed by atoms with Gasteiger partial charge in [-0.25, -0.2) is 0 Å². The number of amides is 1. The van der Waals surface area contributed by atoms with Crippen molar-refractivity contribution in [2.75, 3.05) is 37.7 Å². The number of benzene rings is 2. The predicted octanol–water partition coefficient (Wildman–Crippen LogP) is 3.85. The van der Waals surface area contributed by atoms with Gasteiger partial charge in [-0.1, -0.05) is 43.3 Å². The van der Waals surface area contributed by atoms with Gasteiger partial charge in [-0.05, 0) is 30.2 Å². The second-order valence-corrected chi connectivity index (χ2v) is 7.49. The highest BCUT2D eigenvalue weighted by Gasteiger charge is 2.19. The van der Waals surface area contributed by atoms with Gasteiger partial charge in [-0.15, -0.1) is 0 Å². The molecule has 0 aliphatic carbocycles. The molecule has 28 heavy (non-hydrogen) atoms. The van der Waals surface area contributed by atoms with E-state index < -0.39 is 0 Å². The largest absolute Gasteiger partial charge is 0.378 e. The van der Waals surface area contributed by atoms with Crippen LogP contribution in [-0.4, -0.2) is 43.7 Å². The number of nitrogens with one attached hydrogen (secondary N) is 2. The molecular formula is C23H27N3O2. The van der Waals surface area contributed by atoms with Crippen LogP contribution < -0.4 is 10.2 Å². The summed E-state index contributed by atoms with van der Waals surface area (Å²) in [7, 11) is 0. The van der Waals surface area contributed by atoms with E-state index in [9.17, 15) is 4.79 Å². The first kappa shape index (κ1) is 18.6. The van der Waals surface area contributed by atoms with Crippen molar-refractivity contribution in [3.63, 3.8) is 0 Å². The monoisotopic (exact) mass is 377 g/mol. The van der Waals surface area contributed by atoms with E-state index in [1.54, 1.807) is 0 Å². The Hall–Kier alpha value is -2.79. The van der Waals surface area contributed by atoms with Crippen molar-refractivity contribution in [1.29, 1.82) is 0 Å². The van der Waals surface area contributed by atoms with Crippen LogP contribution in [0, 0.1) is 6.92 Å². The van der Waals surface area contributed by atoms with E-state index in [1.165, 1.54) is 11.3 Å². The number of aryl methyl sites for hydroxylation is 1. The molecule has 1 aromatic heterocycles. The first-order valence-corrected chi connectivity index (χ1v) is 9.91. The molecule has 0 saturated carbocycles. The Labute approximate surface area is 165 Å². The maximum Gasteiger partial charge on any atom is 0.267 e. The lowest BCUT2D eigenvalue weighted by Crippen LogP contribution is -2.37. The second-order valence-electron chi connectivity index (χ2n) is 7.49. The number of aromatic nitrogens is 1. The summed E-state index contributed by atoms with van der Waals surface area (Å²) in [5.74, 6) is 0.153. The van der Waals surface area contributed by atoms with E-state index in [1.807, 2.05) is 31.2 Å². The number of hydrogen-bond acceptors (Lipinski definition) is 3. The second kappa shape index (κ2) is 8.07. The standard InChI is InChI=1S/C23H27N3O2/c1-16-6-5-7-18-14-20(25-22(16)18)23(27)24-15-17(2)19-8-3-4-9-21(19)26-10-12-28-13-11-26/h3-9,14,17,25H,10-13,15H2,1-2H3,(H,24,27). The number of ether oxygens (including phenoxy) is 1. The van der Waals surface area contributed by atoms with Gasteiger partial charge in [0, 0.05) is 42.1 Å². The molecule has 3 aromatic rings. The van der Waals surface area contributed by atoms with Crippen molar-refractivity contribution in [3.8, 4) is 0 Å². The van der Waals surface area contributed by atoms with Crippen molar-refractivity contribution in [2.45, 2.75) is 19.8 Å². The predicted molar refractivity (Wildman–Crippen MR) is 113 cm³/mol. The first-order chi connectivity index (χ1) is 13.6. The zero-order valence-corrected chi connectivity index (χ0v) is 16.5. The number of anilines is 1. The average Bonchev–Trinajstić information content (AvgIpc) is 3.18. The normalized spacial score (nSPS) is 15.6. The number of rotatable bonds is 5. The molecule has 4 rings (SSSR count). The number of carbonyl (C=O) groups is 1. The topological polar surface area (TPSA) is 57.4 Å². The molecule has 2 aromatic carbocycles. The summed E-state index contributed by atoms with van der Waals surface area (Å²) in [4.78, 5) is 18.3. The summed E-state index contributed by atoms with van der Waals surface area (Å²) in [6, 6.07) is 16.5. The summed E-state index contributed by atoms with van der Waals surface area (Å²) in [5.41, 5.74) is 5.28. The first-order valence-electron chi connectivity index (χ1n) is 9.91. The van der Waals surface area contributed by atoms with Crippen LogP contribution in [0.5, 0.6) is 0 Å². The number of aromatic amines is 1. The van der Waals surface area contributed by atoms with Crippen molar-refractivity contribution in [2.24, 2.45) is 0 Å². The van der Waals surface area contributed by atoms with Gasteiger partial charge in [-0.2, -0.15) is 0 Å². The van der Waals surface area contributed by atoms with Crippen molar-refractivity contribution in [3.05, 3.63) is 65.4 Å². The quantitative estimate of drug-likeness (QED) is 0.710. The Morgan fingerprint density at radius 1 is 1.18 bits per heavy atom. The van der Waals surface area contributed by atoms with Crippen LogP contribution in [0.3, 0.4) is 0 Å². The average molecular weight is 377 g/mol. The minimum Gasteiger partial charge on any atom is -0.378 e. The minimum absolute atomic E-state index is 0.0636. The van der Waals surface area contributed by atoms with Gasteiger partial charge >= 0.3 is 0 Å². The molecule has 1 amide bonds. The Morgan fingerprint density at radius 3 is 2.75 bits per heavy atom. The van der Waals surface area contributed by atoms with Crippen molar-refractivity contribution < 1.29 is 9.53 Å². The van der Waals surface area contributed by atoms with Gasteiger partial charge in [0.25, 0.3) is 5.91 Å². The summed E-state index contributed by atoms with van der Waals surface area (Å²) in [6.07, 6.45) is 0. The van der Waals surface area contributed by atoms with E-state index in [0.29, 0.717) is 12.2 Å². The van der Waals surface area contributed by atoms with Crippen LogP contribution >= 0.6 is 0 Å². The molecule has 2 heterocycles. The Morgan fingerprint density at radius 2 is 1.96 bits per heavy atom. The third-order valence-corrected chi connectivity index (χ3v) is 5.50. The molecule has 1 aliphatic heterocycles. The molecule has 2 N–H and O–H groups in total. The highest BCUT2D eigenvalue weighted by molar-refractivity contribution is 5.98. The third-order valence-electron chi connectivity index (χ3n) is 5.50. The highest BCUT2D eigenvalue weighted by Crippen LogP contribution is 2.28. The van der Waals surface area contributed by atoms with Gasteiger partial charge in [0.05, 0.1) is 13.2 Å². The van der Waals surface area contributed by atoms with Crippen LogP contribution in [0.4, 0.5) is 5.69 Å². The lowest BCUT2D eigenvalue weighted by atomic mass is 9.98. The number of carbonyl (C=O) groups excluding carboxylic acids is 1. The summed E-state index contributed by atoms with van der Waals surface area (Å²) in [5, 5.41) is 4.16. The molecular weight excluding hydrogens is 350 g/mol. The maximum absolute atomic E-state index is 12.7. The number of para-hydroxylation sites is 2. The fraction of sp³-hybridized carbons (Fsp3) is 0.348. The van der Waals surface area contributed by atoms with Gasteiger partial charge in [0.15, 0.2) is 0 Å². The Bertz CT molecular complexity index is 973. The van der Waals surface area contributed by atoms with Gasteiger partial charge in [0.1, 0.15) is 5.69 Å². The van der Waals surface area contributed by atoms with Crippen molar-refractivity contribution >= 4 is 22.5 Å². The Balaban J connectivity index is 1.46. The van der Waals surface area contributed by atoms with E-state index in [0.717, 1.165) is 42.8 Å². The number of fused-ring (bicyclic) bond motifs is 1. The zero-order chi connectivity index (χ0) is 19.5. The maximum atomic E-state index is 12.7. The van der Waals surface area contributed by atoms with Crippen LogP contribution in [0.15, 0.2) is 48.5 Å². The molecule has 1 unspecified atom stereocenters. The van der Waals surface area contributed by atoms with E-state index in [2.05, 4.69) is 46.4 Å². The Kier molecular flexibility index (Phi) is 5.35. The van der Waals surface area contributed by atoms with Gasteiger partial charge in [0.2, 0.25) is 0 Å². The molecule has 1 fully saturated rings. The molecule has 1 atom stereocenters. The number of H-pyrrole nitrogens is 1. The summed E-state index contributed by atoms with van der Waals surface area (Å²) < 4.78 is 5.48. The van der Waals surface area contributed by atoms with Crippen LogP contribution in [-0.2, 0) is 4.74 Å². The highest BCUT2D eigenvalue weighted by atomic mass is 16.5. The molecule has 0 radical (unpaired) electrons. The fourth-order valence-corrected chi connectivity index (χ4v) is 3.88. The lowest BCUT2D eigenvalue weighted by molar-refractivity contribution is 0.0947. The molecule has 0 bridgehead atoms. The number of hydrogen-bond donors (Lipinski definition) is 2. The summed E-state index contributed by atoms with van der Waals surface area (Å²) >= 11 is 0. The van der Waals surface area contributed by atoms with E-state index >= 15 is 0 Å². The van der Waals surface area contributed by atoms with Crippen LogP contribution in [0.25, 0.3) is 10.9 Å². The molecule has 1 saturated heterocycles. The van der Waals surface area contributed by atoms with E-state index in [-0.39, 0.29) is 11.8 Å². The fourth-order valence-electron chi connectivity index (χ4n) is 3.88. The molecule has 146 valence electrons. The van der Waals surface area contributed by atoms with Crippen molar-refractivity contribution in [1.82, 2.24) is 10.3 Å². The number of nitrogens with zero attached hydrogens (tertiary/aromatic N) is 1. The molecule has 0 spiro atoms. The van der Waals surface area contributed by atoms with Crippen LogP contribution in [0.1, 0.15) is 34.5 Å².